The van der Waals surface area contributed by atoms with Gasteiger partial charge in [-0.1, -0.05) is 13.8 Å². The van der Waals surface area contributed by atoms with Gasteiger partial charge in [-0.15, -0.1) is 0 Å². The van der Waals surface area contributed by atoms with Crippen molar-refractivity contribution in [3.05, 3.63) is 0 Å². The number of hydrogen-bond acceptors (Lipinski definition) is 2. The van der Waals surface area contributed by atoms with Crippen molar-refractivity contribution in [2.75, 3.05) is 7.11 Å². The zero-order chi connectivity index (χ0) is 9.14. The Morgan fingerprint density at radius 3 is 2.50 bits per heavy atom. The SMILES string of the molecule is COC1CC(CC(=O)C(C)C)C1. The molecule has 0 aromatic carbocycles. The summed E-state index contributed by atoms with van der Waals surface area (Å²) in [6.07, 6.45) is 3.34. The predicted octanol–water partition coefficient (Wildman–Crippen LogP) is 2.03. The van der Waals surface area contributed by atoms with Gasteiger partial charge >= 0.3 is 0 Å². The molecular formula is C10H18O2. The van der Waals surface area contributed by atoms with Crippen LogP contribution in [0.25, 0.3) is 0 Å². The van der Waals surface area contributed by atoms with Gasteiger partial charge in [-0.3, -0.25) is 4.79 Å². The molecule has 0 atom stereocenters. The summed E-state index contributed by atoms with van der Waals surface area (Å²) in [6, 6.07) is 0. The molecule has 1 rings (SSSR count). The van der Waals surface area contributed by atoms with Crippen molar-refractivity contribution < 1.29 is 9.53 Å². The Morgan fingerprint density at radius 1 is 1.50 bits per heavy atom. The number of hydrogen-bond donors (Lipinski definition) is 0. The minimum absolute atomic E-state index is 0.201. The molecule has 0 bridgehead atoms. The fraction of sp³-hybridized carbons (Fsp3) is 0.900. The first-order chi connectivity index (χ1) is 5.63. The van der Waals surface area contributed by atoms with Crippen LogP contribution in [0.5, 0.6) is 0 Å². The minimum atomic E-state index is 0.201. The van der Waals surface area contributed by atoms with E-state index >= 15 is 0 Å². The number of rotatable bonds is 4. The molecule has 70 valence electrons. The van der Waals surface area contributed by atoms with Crippen molar-refractivity contribution >= 4 is 5.78 Å². The molecule has 0 spiro atoms. The molecule has 1 aliphatic carbocycles. The van der Waals surface area contributed by atoms with Gasteiger partial charge in [0.15, 0.2) is 0 Å². The van der Waals surface area contributed by atoms with Gasteiger partial charge in [0.1, 0.15) is 5.78 Å². The Morgan fingerprint density at radius 2 is 2.08 bits per heavy atom. The highest BCUT2D eigenvalue weighted by Gasteiger charge is 2.30. The summed E-state index contributed by atoms with van der Waals surface area (Å²) in [4.78, 5) is 11.3. The van der Waals surface area contributed by atoms with E-state index < -0.39 is 0 Å². The number of carbonyl (C=O) groups excluding carboxylic acids is 1. The van der Waals surface area contributed by atoms with Gasteiger partial charge in [0, 0.05) is 19.4 Å². The zero-order valence-electron chi connectivity index (χ0n) is 8.17. The van der Waals surface area contributed by atoms with E-state index in [2.05, 4.69) is 0 Å². The quantitative estimate of drug-likeness (QED) is 0.645. The average molecular weight is 170 g/mol. The first-order valence-electron chi connectivity index (χ1n) is 4.69. The summed E-state index contributed by atoms with van der Waals surface area (Å²) >= 11 is 0. The highest BCUT2D eigenvalue weighted by atomic mass is 16.5. The topological polar surface area (TPSA) is 26.3 Å². The molecule has 1 fully saturated rings. The molecule has 1 saturated carbocycles. The van der Waals surface area contributed by atoms with Gasteiger partial charge in [-0.25, -0.2) is 0 Å². The maximum atomic E-state index is 11.3. The lowest BCUT2D eigenvalue weighted by atomic mass is 9.78. The Bertz CT molecular complexity index is 157. The number of methoxy groups -OCH3 is 1. The first kappa shape index (κ1) is 9.72. The van der Waals surface area contributed by atoms with E-state index in [1.165, 1.54) is 0 Å². The Balaban J connectivity index is 2.14. The number of ketones is 1. The third-order valence-electron chi connectivity index (χ3n) is 2.66. The molecule has 0 N–H and O–H groups in total. The van der Waals surface area contributed by atoms with Crippen LogP contribution >= 0.6 is 0 Å². The normalized spacial score (nSPS) is 28.7. The van der Waals surface area contributed by atoms with E-state index in [-0.39, 0.29) is 5.92 Å². The fourth-order valence-electron chi connectivity index (χ4n) is 1.55. The summed E-state index contributed by atoms with van der Waals surface area (Å²) < 4.78 is 5.15. The Kier molecular flexibility index (Phi) is 3.27. The summed E-state index contributed by atoms with van der Waals surface area (Å²) in [6.45, 7) is 3.93. The minimum Gasteiger partial charge on any atom is -0.381 e. The van der Waals surface area contributed by atoms with Gasteiger partial charge in [-0.05, 0) is 18.8 Å². The monoisotopic (exact) mass is 170 g/mol. The Labute approximate surface area is 74.3 Å². The Hall–Kier alpha value is -0.370. The molecule has 0 amide bonds. The molecule has 12 heavy (non-hydrogen) atoms. The molecule has 0 aromatic heterocycles. The summed E-state index contributed by atoms with van der Waals surface area (Å²) in [5.41, 5.74) is 0. The zero-order valence-corrected chi connectivity index (χ0v) is 8.17. The van der Waals surface area contributed by atoms with Crippen LogP contribution in [-0.2, 0) is 9.53 Å². The maximum Gasteiger partial charge on any atom is 0.135 e. The smallest absolute Gasteiger partial charge is 0.135 e. The van der Waals surface area contributed by atoms with Crippen molar-refractivity contribution in [2.24, 2.45) is 11.8 Å². The van der Waals surface area contributed by atoms with Crippen molar-refractivity contribution in [3.8, 4) is 0 Å². The lowest BCUT2D eigenvalue weighted by molar-refractivity contribution is -0.124. The van der Waals surface area contributed by atoms with Crippen molar-refractivity contribution in [1.29, 1.82) is 0 Å². The van der Waals surface area contributed by atoms with Crippen LogP contribution in [0.1, 0.15) is 33.1 Å². The van der Waals surface area contributed by atoms with Crippen LogP contribution in [0.2, 0.25) is 0 Å². The summed E-state index contributed by atoms with van der Waals surface area (Å²) in [5, 5.41) is 0. The number of Topliss-reactive ketones (excluding diaryl/α,β-unsaturated/α-hetero) is 1. The molecule has 0 aliphatic heterocycles. The molecule has 0 unspecified atom stereocenters. The van der Waals surface area contributed by atoms with Gasteiger partial charge < -0.3 is 4.74 Å². The third-order valence-corrected chi connectivity index (χ3v) is 2.66. The third kappa shape index (κ3) is 2.31. The van der Waals surface area contributed by atoms with Gasteiger partial charge in [0.05, 0.1) is 6.10 Å². The second-order valence-corrected chi connectivity index (χ2v) is 4.02. The van der Waals surface area contributed by atoms with Crippen molar-refractivity contribution in [1.82, 2.24) is 0 Å². The van der Waals surface area contributed by atoms with E-state index in [1.54, 1.807) is 7.11 Å². The largest absolute Gasteiger partial charge is 0.381 e. The second kappa shape index (κ2) is 4.04. The van der Waals surface area contributed by atoms with Gasteiger partial charge in [-0.2, -0.15) is 0 Å². The van der Waals surface area contributed by atoms with Gasteiger partial charge in [0.25, 0.3) is 0 Å². The summed E-state index contributed by atoms with van der Waals surface area (Å²) in [5.74, 6) is 1.20. The first-order valence-corrected chi connectivity index (χ1v) is 4.69. The van der Waals surface area contributed by atoms with Crippen LogP contribution in [0.4, 0.5) is 0 Å². The molecule has 2 heteroatoms. The van der Waals surface area contributed by atoms with E-state index in [9.17, 15) is 4.79 Å². The van der Waals surface area contributed by atoms with Crippen LogP contribution in [0.3, 0.4) is 0 Å². The molecule has 0 heterocycles. The lowest BCUT2D eigenvalue weighted by Crippen LogP contribution is -2.32. The number of carbonyl (C=O) groups is 1. The van der Waals surface area contributed by atoms with E-state index in [4.69, 9.17) is 4.74 Å². The van der Waals surface area contributed by atoms with Gasteiger partial charge in [0.2, 0.25) is 0 Å². The number of ether oxygens (including phenoxy) is 1. The van der Waals surface area contributed by atoms with Crippen molar-refractivity contribution in [3.63, 3.8) is 0 Å². The maximum absolute atomic E-state index is 11.3. The molecule has 0 radical (unpaired) electrons. The summed E-state index contributed by atoms with van der Waals surface area (Å²) in [7, 11) is 1.74. The standard InChI is InChI=1S/C10H18O2/c1-7(2)10(11)6-8-4-9(5-8)12-3/h7-9H,4-6H2,1-3H3. The van der Waals surface area contributed by atoms with Crippen LogP contribution in [0, 0.1) is 11.8 Å². The average Bonchev–Trinajstić information content (AvgIpc) is 1.94. The molecular weight excluding hydrogens is 152 g/mol. The fourth-order valence-corrected chi connectivity index (χ4v) is 1.55. The van der Waals surface area contributed by atoms with E-state index in [1.807, 2.05) is 13.8 Å². The molecule has 0 saturated heterocycles. The molecule has 0 aromatic rings. The van der Waals surface area contributed by atoms with E-state index in [0.29, 0.717) is 17.8 Å². The lowest BCUT2D eigenvalue weighted by Gasteiger charge is -2.33. The highest BCUT2D eigenvalue weighted by molar-refractivity contribution is 5.80. The highest BCUT2D eigenvalue weighted by Crippen LogP contribution is 2.32. The van der Waals surface area contributed by atoms with Crippen LogP contribution in [-0.4, -0.2) is 19.0 Å². The molecule has 2 nitrogen and oxygen atoms in total. The van der Waals surface area contributed by atoms with Crippen LogP contribution in [0.15, 0.2) is 0 Å². The van der Waals surface area contributed by atoms with Crippen molar-refractivity contribution in [2.45, 2.75) is 39.2 Å². The molecule has 1 aliphatic rings. The van der Waals surface area contributed by atoms with E-state index in [0.717, 1.165) is 19.3 Å². The van der Waals surface area contributed by atoms with Crippen LogP contribution < -0.4 is 0 Å². The second-order valence-electron chi connectivity index (χ2n) is 4.02. The predicted molar refractivity (Wildman–Crippen MR) is 48.0 cm³/mol.